The van der Waals surface area contributed by atoms with Crippen LogP contribution in [0.25, 0.3) is 0 Å². The normalized spacial score (nSPS) is 31.9. The molecule has 2 aromatic rings. The second-order valence-electron chi connectivity index (χ2n) is 13.4. The molecule has 43 heavy (non-hydrogen) atoms. The number of ether oxygens (including phenoxy) is 7. The van der Waals surface area contributed by atoms with Gasteiger partial charge in [0.25, 0.3) is 0 Å². The number of hydrogen-bond donors (Lipinski definition) is 0. The maximum Gasteiger partial charge on any atom is 0.192 e. The maximum atomic E-state index is 13.5. The number of carbonyl (C=O) groups is 1. The van der Waals surface area contributed by atoms with Gasteiger partial charge in [-0.3, -0.25) is 4.79 Å². The van der Waals surface area contributed by atoms with Gasteiger partial charge < -0.3 is 33.2 Å². The predicted octanol–water partition coefficient (Wildman–Crippen LogP) is 6.14. The first-order valence-corrected chi connectivity index (χ1v) is 15.6. The largest absolute Gasteiger partial charge is 0.374 e. The molecule has 8 nitrogen and oxygen atoms in total. The van der Waals surface area contributed by atoms with Gasteiger partial charge in [-0.1, -0.05) is 60.7 Å². The van der Waals surface area contributed by atoms with Crippen LogP contribution in [0.4, 0.5) is 0 Å². The summed E-state index contributed by atoms with van der Waals surface area (Å²) in [6.07, 6.45) is 1.71. The summed E-state index contributed by atoms with van der Waals surface area (Å²) in [5, 5.41) is 0. The molecule has 3 fully saturated rings. The molecule has 236 valence electrons. The van der Waals surface area contributed by atoms with Crippen molar-refractivity contribution in [2.75, 3.05) is 6.61 Å². The third-order valence-corrected chi connectivity index (χ3v) is 8.03. The first kappa shape index (κ1) is 32.2. The minimum Gasteiger partial charge on any atom is -0.374 e. The van der Waals surface area contributed by atoms with Crippen molar-refractivity contribution < 1.29 is 38.0 Å². The maximum absolute atomic E-state index is 13.5. The Morgan fingerprint density at radius 3 is 1.67 bits per heavy atom. The molecule has 3 aliphatic rings. The van der Waals surface area contributed by atoms with Gasteiger partial charge in [-0.2, -0.15) is 0 Å². The fraction of sp³-hybridized carbons (Fsp3) is 0.629. The summed E-state index contributed by atoms with van der Waals surface area (Å²) < 4.78 is 43.4. The molecule has 5 rings (SSSR count). The summed E-state index contributed by atoms with van der Waals surface area (Å²) in [6.45, 7) is 12.1. The van der Waals surface area contributed by atoms with Crippen LogP contribution in [0.5, 0.6) is 0 Å². The van der Waals surface area contributed by atoms with Gasteiger partial charge in [0.1, 0.15) is 12.2 Å². The topological polar surface area (TPSA) is 81.7 Å². The molecule has 2 aromatic carbocycles. The Morgan fingerprint density at radius 2 is 1.07 bits per heavy atom. The van der Waals surface area contributed by atoms with Gasteiger partial charge in [-0.05, 0) is 59.1 Å². The smallest absolute Gasteiger partial charge is 0.192 e. The Hall–Kier alpha value is -2.17. The van der Waals surface area contributed by atoms with Gasteiger partial charge >= 0.3 is 0 Å². The van der Waals surface area contributed by atoms with Gasteiger partial charge in [0, 0.05) is 25.7 Å². The van der Waals surface area contributed by atoms with Gasteiger partial charge in [-0.15, -0.1) is 0 Å². The average Bonchev–Trinajstić information content (AvgIpc) is 2.90. The first-order chi connectivity index (χ1) is 20.3. The molecule has 0 spiro atoms. The van der Waals surface area contributed by atoms with Crippen molar-refractivity contribution in [3.63, 3.8) is 0 Å². The molecular formula is C35H48O8. The molecule has 0 amide bonds. The highest BCUT2D eigenvalue weighted by Crippen LogP contribution is 2.37. The molecule has 0 bridgehead atoms. The lowest BCUT2D eigenvalue weighted by molar-refractivity contribution is -0.330. The van der Waals surface area contributed by atoms with Crippen LogP contribution in [-0.2, 0) is 51.0 Å². The summed E-state index contributed by atoms with van der Waals surface area (Å²) in [4.78, 5) is 13.5. The highest BCUT2D eigenvalue weighted by atomic mass is 16.7. The monoisotopic (exact) mass is 596 g/mol. The van der Waals surface area contributed by atoms with E-state index < -0.39 is 29.6 Å². The molecule has 0 saturated carbocycles. The van der Waals surface area contributed by atoms with E-state index in [1.807, 2.05) is 77.9 Å². The Balaban J connectivity index is 1.19. The molecule has 3 heterocycles. The van der Waals surface area contributed by atoms with Gasteiger partial charge in [0.2, 0.25) is 0 Å². The molecule has 3 saturated heterocycles. The minimum atomic E-state index is -0.922. The van der Waals surface area contributed by atoms with Crippen LogP contribution < -0.4 is 0 Å². The van der Waals surface area contributed by atoms with Gasteiger partial charge in [-0.25, -0.2) is 0 Å². The summed E-state index contributed by atoms with van der Waals surface area (Å²) in [7, 11) is 0. The highest BCUT2D eigenvalue weighted by Gasteiger charge is 2.46. The Kier molecular flexibility index (Phi) is 10.1. The van der Waals surface area contributed by atoms with Crippen molar-refractivity contribution >= 4 is 5.78 Å². The second kappa shape index (κ2) is 13.4. The molecular weight excluding hydrogens is 548 g/mol. The van der Waals surface area contributed by atoms with E-state index in [4.69, 9.17) is 33.2 Å². The number of benzene rings is 2. The van der Waals surface area contributed by atoms with Crippen molar-refractivity contribution in [3.8, 4) is 0 Å². The number of rotatable bonds is 10. The lowest BCUT2D eigenvalue weighted by Crippen LogP contribution is -2.55. The zero-order valence-corrected chi connectivity index (χ0v) is 26.5. The number of Topliss-reactive ketones (excluding diaryl/α,β-unsaturated/α-hetero) is 1. The van der Waals surface area contributed by atoms with Crippen molar-refractivity contribution in [1.29, 1.82) is 0 Å². The summed E-state index contributed by atoms with van der Waals surface area (Å²) >= 11 is 0. The van der Waals surface area contributed by atoms with E-state index >= 15 is 0 Å². The lowest BCUT2D eigenvalue weighted by Gasteiger charge is -2.46. The van der Waals surface area contributed by atoms with E-state index in [1.54, 1.807) is 0 Å². The van der Waals surface area contributed by atoms with Gasteiger partial charge in [0.05, 0.1) is 37.6 Å². The number of carbonyl (C=O) groups excluding carboxylic acids is 1. The van der Waals surface area contributed by atoms with Crippen molar-refractivity contribution in [1.82, 2.24) is 0 Å². The van der Waals surface area contributed by atoms with Crippen LogP contribution in [-0.4, -0.2) is 66.4 Å². The highest BCUT2D eigenvalue weighted by molar-refractivity contribution is 5.88. The standard InChI is InChI=1S/C35H48O8/c1-33(2)38-26(17-24-13-9-7-10-14-24)18-27(39-33)19-28-20-29(41-34(3,4)40-28)21-30-32(36)31(43-35(5,6)42-30)23-37-22-25-15-11-8-12-16-25/h7-16,26-31H,17-23H2,1-6H3/t26-,27+,28-,29+,30-,31-/m0/s1. The lowest BCUT2D eigenvalue weighted by atomic mass is 9.92. The van der Waals surface area contributed by atoms with E-state index in [9.17, 15) is 4.79 Å². The fourth-order valence-electron chi connectivity index (χ4n) is 6.58. The van der Waals surface area contributed by atoms with E-state index in [0.29, 0.717) is 25.9 Å². The molecule has 0 aromatic heterocycles. The summed E-state index contributed by atoms with van der Waals surface area (Å²) in [5.74, 6) is -2.53. The van der Waals surface area contributed by atoms with E-state index in [1.165, 1.54) is 5.56 Å². The number of ketones is 1. The molecule has 6 atom stereocenters. The van der Waals surface area contributed by atoms with E-state index in [0.717, 1.165) is 18.4 Å². The van der Waals surface area contributed by atoms with Crippen LogP contribution in [0.15, 0.2) is 60.7 Å². The zero-order valence-electron chi connectivity index (χ0n) is 26.5. The summed E-state index contributed by atoms with van der Waals surface area (Å²) in [6, 6.07) is 20.3. The molecule has 0 unspecified atom stereocenters. The quantitative estimate of drug-likeness (QED) is 0.324. The molecule has 8 heteroatoms. The molecule has 0 aliphatic carbocycles. The Labute approximate surface area is 256 Å². The van der Waals surface area contributed by atoms with Crippen LogP contribution in [0.3, 0.4) is 0 Å². The predicted molar refractivity (Wildman–Crippen MR) is 161 cm³/mol. The molecule has 0 radical (unpaired) electrons. The Bertz CT molecular complexity index is 1180. The van der Waals surface area contributed by atoms with Crippen molar-refractivity contribution in [2.45, 2.75) is 134 Å². The van der Waals surface area contributed by atoms with E-state index in [2.05, 4.69) is 24.3 Å². The van der Waals surface area contributed by atoms with Crippen LogP contribution in [0, 0.1) is 0 Å². The van der Waals surface area contributed by atoms with Crippen LogP contribution >= 0.6 is 0 Å². The second-order valence-corrected chi connectivity index (χ2v) is 13.4. The third kappa shape index (κ3) is 9.41. The SMILES string of the molecule is CC1(C)O[C@@H](C[C@H]2C[C@H](Cc3ccccc3)OC(C)(C)O2)C[C@H](C[C@@H]2OC(C)(C)O[C@@H](COCc3ccccc3)C2=O)O1. The molecule has 0 N–H and O–H groups in total. The first-order valence-electron chi connectivity index (χ1n) is 15.6. The van der Waals surface area contributed by atoms with Crippen molar-refractivity contribution in [2.24, 2.45) is 0 Å². The van der Waals surface area contributed by atoms with E-state index in [-0.39, 0.29) is 36.8 Å². The van der Waals surface area contributed by atoms with Gasteiger partial charge in [0.15, 0.2) is 23.1 Å². The minimum absolute atomic E-state index is 0.0250. The van der Waals surface area contributed by atoms with Crippen LogP contribution in [0.2, 0.25) is 0 Å². The summed E-state index contributed by atoms with van der Waals surface area (Å²) in [5.41, 5.74) is 2.30. The molecule has 3 aliphatic heterocycles. The zero-order chi connectivity index (χ0) is 30.7. The third-order valence-electron chi connectivity index (χ3n) is 8.03. The average molecular weight is 597 g/mol. The van der Waals surface area contributed by atoms with Crippen LogP contribution in [0.1, 0.15) is 78.4 Å². The fourth-order valence-corrected chi connectivity index (χ4v) is 6.58. The Morgan fingerprint density at radius 1 is 0.605 bits per heavy atom. The van der Waals surface area contributed by atoms with Crippen molar-refractivity contribution in [3.05, 3.63) is 71.8 Å². The number of hydrogen-bond acceptors (Lipinski definition) is 8.